The van der Waals surface area contributed by atoms with E-state index in [4.69, 9.17) is 0 Å². The van der Waals surface area contributed by atoms with E-state index < -0.39 is 0 Å². The molecule has 76 valence electrons. The first-order valence-corrected chi connectivity index (χ1v) is 5.05. The second kappa shape index (κ2) is 22.4. The van der Waals surface area contributed by atoms with E-state index in [0.29, 0.717) is 13.0 Å². The van der Waals surface area contributed by atoms with Crippen molar-refractivity contribution in [2.45, 2.75) is 54.4 Å². The molecule has 0 aromatic heterocycles. The molecule has 1 aliphatic heterocycles. The maximum absolute atomic E-state index is 10.0. The summed E-state index contributed by atoms with van der Waals surface area (Å²) in [6.45, 7) is 12.6. The molecule has 0 bridgehead atoms. The van der Waals surface area contributed by atoms with Crippen LogP contribution in [0, 0.1) is 0 Å². The minimum Gasteiger partial charge on any atom is -0.466 e. The molecular weight excluding hydrogens is 152 g/mol. The Morgan fingerprint density at radius 2 is 1.42 bits per heavy atom. The van der Waals surface area contributed by atoms with Crippen LogP contribution in [0.15, 0.2) is 0 Å². The van der Waals surface area contributed by atoms with Gasteiger partial charge in [-0.2, -0.15) is 0 Å². The zero-order valence-electron chi connectivity index (χ0n) is 9.44. The van der Waals surface area contributed by atoms with Crippen molar-refractivity contribution in [1.29, 1.82) is 0 Å². The van der Waals surface area contributed by atoms with Crippen LogP contribution < -0.4 is 0 Å². The first kappa shape index (κ1) is 17.5. The van der Waals surface area contributed by atoms with E-state index in [0.717, 1.165) is 6.42 Å². The molecule has 2 nitrogen and oxygen atoms in total. The summed E-state index contributed by atoms with van der Waals surface area (Å²) in [4.78, 5) is 10.0. The standard InChI is InChI=1S/C4H6O2.3C2H6/c5-4-2-1-3-6-4;3*1-2/h1-3H2;3*1-2H3. The third-order valence-corrected chi connectivity index (χ3v) is 0.788. The largest absolute Gasteiger partial charge is 0.466 e. The third kappa shape index (κ3) is 16.2. The fraction of sp³-hybridized carbons (Fsp3) is 0.900. The first-order chi connectivity index (χ1) is 5.89. The Bertz CT molecular complexity index is 62.2. The molecule has 0 radical (unpaired) electrons. The summed E-state index contributed by atoms with van der Waals surface area (Å²) in [5.41, 5.74) is 0. The number of hydrogen-bond acceptors (Lipinski definition) is 2. The van der Waals surface area contributed by atoms with Crippen LogP contribution in [0.4, 0.5) is 0 Å². The van der Waals surface area contributed by atoms with Gasteiger partial charge in [0.1, 0.15) is 0 Å². The zero-order valence-corrected chi connectivity index (χ0v) is 9.44. The number of ether oxygens (including phenoxy) is 1. The summed E-state index contributed by atoms with van der Waals surface area (Å²) < 4.78 is 4.51. The fourth-order valence-electron chi connectivity index (χ4n) is 0.475. The number of carbonyl (C=O) groups is 1. The number of rotatable bonds is 0. The van der Waals surface area contributed by atoms with E-state index in [-0.39, 0.29) is 5.97 Å². The lowest BCUT2D eigenvalue weighted by Gasteiger charge is -1.81. The molecule has 0 spiro atoms. The lowest BCUT2D eigenvalue weighted by Crippen LogP contribution is -1.88. The molecule has 0 unspecified atom stereocenters. The van der Waals surface area contributed by atoms with Crippen LogP contribution in [0.2, 0.25) is 0 Å². The van der Waals surface area contributed by atoms with Gasteiger partial charge in [0.2, 0.25) is 0 Å². The van der Waals surface area contributed by atoms with Gasteiger partial charge < -0.3 is 4.74 Å². The number of esters is 1. The topological polar surface area (TPSA) is 26.3 Å². The van der Waals surface area contributed by atoms with Crippen molar-refractivity contribution in [2.24, 2.45) is 0 Å². The Balaban J connectivity index is -0.000000117. The minimum atomic E-state index is -0.0463. The second-order valence-corrected chi connectivity index (χ2v) is 1.32. The van der Waals surface area contributed by atoms with Crippen LogP contribution >= 0.6 is 0 Å². The predicted molar refractivity (Wildman–Crippen MR) is 54.2 cm³/mol. The van der Waals surface area contributed by atoms with Crippen molar-refractivity contribution < 1.29 is 9.53 Å². The monoisotopic (exact) mass is 176 g/mol. The maximum Gasteiger partial charge on any atom is 0.305 e. The normalized spacial score (nSPS) is 12.0. The first-order valence-electron chi connectivity index (χ1n) is 5.05. The molecule has 0 saturated carbocycles. The highest BCUT2D eigenvalue weighted by atomic mass is 16.5. The van der Waals surface area contributed by atoms with Gasteiger partial charge >= 0.3 is 5.97 Å². The van der Waals surface area contributed by atoms with Crippen LogP contribution in [0.1, 0.15) is 54.4 Å². The van der Waals surface area contributed by atoms with Gasteiger partial charge in [-0.3, -0.25) is 4.79 Å². The molecule has 0 aromatic rings. The lowest BCUT2D eigenvalue weighted by molar-refractivity contribution is -0.137. The molecule has 0 atom stereocenters. The van der Waals surface area contributed by atoms with Crippen molar-refractivity contribution >= 4 is 5.97 Å². The highest BCUT2D eigenvalue weighted by molar-refractivity contribution is 5.70. The van der Waals surface area contributed by atoms with Crippen LogP contribution in [-0.4, -0.2) is 12.6 Å². The zero-order chi connectivity index (χ0) is 10.4. The van der Waals surface area contributed by atoms with E-state index >= 15 is 0 Å². The van der Waals surface area contributed by atoms with E-state index in [1.165, 1.54) is 0 Å². The number of cyclic esters (lactones) is 1. The van der Waals surface area contributed by atoms with Gasteiger partial charge in [0.25, 0.3) is 0 Å². The van der Waals surface area contributed by atoms with E-state index in [1.807, 2.05) is 41.5 Å². The average molecular weight is 176 g/mol. The van der Waals surface area contributed by atoms with Gasteiger partial charge in [0.15, 0.2) is 0 Å². The van der Waals surface area contributed by atoms with Gasteiger partial charge in [0.05, 0.1) is 6.61 Å². The Morgan fingerprint density at radius 1 is 1.00 bits per heavy atom. The SMILES string of the molecule is CC.CC.CC.O=C1CCCO1. The molecule has 0 aliphatic carbocycles. The lowest BCUT2D eigenvalue weighted by atomic mass is 10.4. The summed E-state index contributed by atoms with van der Waals surface area (Å²) in [6, 6.07) is 0. The summed E-state index contributed by atoms with van der Waals surface area (Å²) >= 11 is 0. The smallest absolute Gasteiger partial charge is 0.305 e. The second-order valence-electron chi connectivity index (χ2n) is 1.32. The summed E-state index contributed by atoms with van der Waals surface area (Å²) in [7, 11) is 0. The van der Waals surface area contributed by atoms with Crippen molar-refractivity contribution in [1.82, 2.24) is 0 Å². The van der Waals surface area contributed by atoms with Gasteiger partial charge in [-0.05, 0) is 6.42 Å². The molecule has 0 aromatic carbocycles. The molecule has 1 saturated heterocycles. The summed E-state index contributed by atoms with van der Waals surface area (Å²) in [5, 5.41) is 0. The molecule has 1 fully saturated rings. The van der Waals surface area contributed by atoms with Crippen LogP contribution in [-0.2, 0) is 9.53 Å². The summed E-state index contributed by atoms with van der Waals surface area (Å²) in [6.07, 6.45) is 1.54. The van der Waals surface area contributed by atoms with Crippen molar-refractivity contribution in [3.05, 3.63) is 0 Å². The Labute approximate surface area is 77.3 Å². The number of hydrogen-bond donors (Lipinski definition) is 0. The highest BCUT2D eigenvalue weighted by Crippen LogP contribution is 2.01. The molecule has 1 rings (SSSR count). The molecular formula is C10H24O2. The molecule has 0 N–H and O–H groups in total. The Morgan fingerprint density at radius 3 is 1.50 bits per heavy atom. The van der Waals surface area contributed by atoms with Gasteiger partial charge in [-0.1, -0.05) is 41.5 Å². The van der Waals surface area contributed by atoms with Crippen LogP contribution in [0.5, 0.6) is 0 Å². The Kier molecular flexibility index (Phi) is 32.8. The maximum atomic E-state index is 10.0. The quantitative estimate of drug-likeness (QED) is 0.529. The minimum absolute atomic E-state index is 0.0463. The Hall–Kier alpha value is -0.530. The van der Waals surface area contributed by atoms with Crippen LogP contribution in [0.25, 0.3) is 0 Å². The van der Waals surface area contributed by atoms with E-state index in [2.05, 4.69) is 4.74 Å². The summed E-state index contributed by atoms with van der Waals surface area (Å²) in [5.74, 6) is -0.0463. The van der Waals surface area contributed by atoms with Crippen molar-refractivity contribution in [2.75, 3.05) is 6.61 Å². The van der Waals surface area contributed by atoms with Crippen LogP contribution in [0.3, 0.4) is 0 Å². The fourth-order valence-corrected chi connectivity index (χ4v) is 0.475. The van der Waals surface area contributed by atoms with Gasteiger partial charge in [-0.25, -0.2) is 0 Å². The third-order valence-electron chi connectivity index (χ3n) is 0.788. The van der Waals surface area contributed by atoms with E-state index in [9.17, 15) is 4.79 Å². The van der Waals surface area contributed by atoms with E-state index in [1.54, 1.807) is 0 Å². The highest BCUT2D eigenvalue weighted by Gasteiger charge is 2.08. The van der Waals surface area contributed by atoms with Gasteiger partial charge in [-0.15, -0.1) is 0 Å². The van der Waals surface area contributed by atoms with Crippen molar-refractivity contribution in [3.8, 4) is 0 Å². The number of carbonyl (C=O) groups excluding carboxylic acids is 1. The van der Waals surface area contributed by atoms with Crippen molar-refractivity contribution in [3.63, 3.8) is 0 Å². The average Bonchev–Trinajstić information content (AvgIpc) is 2.66. The molecule has 12 heavy (non-hydrogen) atoms. The predicted octanol–water partition coefficient (Wildman–Crippen LogP) is 3.40. The molecule has 0 amide bonds. The molecule has 1 aliphatic rings. The molecule has 2 heteroatoms. The molecule has 1 heterocycles. The van der Waals surface area contributed by atoms with Gasteiger partial charge in [0, 0.05) is 6.42 Å².